The summed E-state index contributed by atoms with van der Waals surface area (Å²) < 4.78 is 5.55. The maximum atomic E-state index is 11.6. The first kappa shape index (κ1) is 15.0. The maximum Gasteiger partial charge on any atom is 0.223 e. The number of nitrogens with zero attached hydrogens (tertiary/aromatic N) is 1. The summed E-state index contributed by atoms with van der Waals surface area (Å²) in [5, 5.41) is 11.2. The van der Waals surface area contributed by atoms with E-state index in [-0.39, 0.29) is 11.9 Å². The molecule has 4 heteroatoms. The van der Waals surface area contributed by atoms with E-state index in [2.05, 4.69) is 11.4 Å². The van der Waals surface area contributed by atoms with Crippen molar-refractivity contribution in [2.45, 2.75) is 39.7 Å². The Kier molecular flexibility index (Phi) is 5.87. The van der Waals surface area contributed by atoms with Gasteiger partial charge in [0.25, 0.3) is 0 Å². The summed E-state index contributed by atoms with van der Waals surface area (Å²) in [7, 11) is 0. The van der Waals surface area contributed by atoms with Crippen molar-refractivity contribution in [1.82, 2.24) is 5.32 Å². The van der Waals surface area contributed by atoms with Gasteiger partial charge in [0.05, 0.1) is 25.5 Å². The van der Waals surface area contributed by atoms with Gasteiger partial charge in [0, 0.05) is 6.04 Å². The second-order valence-corrected chi connectivity index (χ2v) is 4.75. The number of ether oxygens (including phenoxy) is 1. The molecule has 0 aromatic heterocycles. The molecule has 1 N–H and O–H groups in total. The number of benzene rings is 1. The fourth-order valence-electron chi connectivity index (χ4n) is 1.81. The smallest absolute Gasteiger partial charge is 0.223 e. The molecule has 0 fully saturated rings. The van der Waals surface area contributed by atoms with E-state index in [1.54, 1.807) is 0 Å². The second kappa shape index (κ2) is 7.42. The number of hydrogen-bond acceptors (Lipinski definition) is 3. The Morgan fingerprint density at radius 3 is 2.58 bits per heavy atom. The SMILES string of the molecule is Cc1cc(C)cc(OCCC(=O)N[C@@H](C)CC#N)c1. The first-order chi connectivity index (χ1) is 9.01. The minimum Gasteiger partial charge on any atom is -0.493 e. The number of carbonyl (C=O) groups is 1. The Hall–Kier alpha value is -2.02. The Labute approximate surface area is 114 Å². The van der Waals surface area contributed by atoms with Crippen molar-refractivity contribution in [2.75, 3.05) is 6.61 Å². The highest BCUT2D eigenvalue weighted by atomic mass is 16.5. The van der Waals surface area contributed by atoms with Crippen LogP contribution in [0.2, 0.25) is 0 Å². The van der Waals surface area contributed by atoms with Gasteiger partial charge in [-0.25, -0.2) is 0 Å². The van der Waals surface area contributed by atoms with Crippen LogP contribution in [-0.4, -0.2) is 18.6 Å². The van der Waals surface area contributed by atoms with Crippen molar-refractivity contribution in [3.8, 4) is 11.8 Å². The summed E-state index contributed by atoms with van der Waals surface area (Å²) in [4.78, 5) is 11.6. The average molecular weight is 260 g/mol. The van der Waals surface area contributed by atoms with E-state index >= 15 is 0 Å². The topological polar surface area (TPSA) is 62.1 Å². The number of aryl methyl sites for hydroxylation is 2. The van der Waals surface area contributed by atoms with E-state index in [1.165, 1.54) is 0 Å². The van der Waals surface area contributed by atoms with Gasteiger partial charge in [-0.15, -0.1) is 0 Å². The zero-order chi connectivity index (χ0) is 14.3. The summed E-state index contributed by atoms with van der Waals surface area (Å²) in [6.45, 7) is 6.17. The summed E-state index contributed by atoms with van der Waals surface area (Å²) in [5.41, 5.74) is 2.28. The first-order valence-corrected chi connectivity index (χ1v) is 6.38. The van der Waals surface area contributed by atoms with Gasteiger partial charge in [-0.2, -0.15) is 5.26 Å². The van der Waals surface area contributed by atoms with Crippen molar-refractivity contribution in [1.29, 1.82) is 5.26 Å². The van der Waals surface area contributed by atoms with E-state index in [4.69, 9.17) is 10.00 Å². The molecule has 0 radical (unpaired) electrons. The van der Waals surface area contributed by atoms with Gasteiger partial charge >= 0.3 is 0 Å². The summed E-state index contributed by atoms with van der Waals surface area (Å²) in [6, 6.07) is 7.88. The van der Waals surface area contributed by atoms with Crippen molar-refractivity contribution in [2.24, 2.45) is 0 Å². The van der Waals surface area contributed by atoms with Crippen LogP contribution in [0.4, 0.5) is 0 Å². The molecule has 0 aliphatic carbocycles. The van der Waals surface area contributed by atoms with Crippen LogP contribution in [0.3, 0.4) is 0 Å². The van der Waals surface area contributed by atoms with Gasteiger partial charge < -0.3 is 10.1 Å². The molecule has 1 aromatic carbocycles. The molecule has 19 heavy (non-hydrogen) atoms. The van der Waals surface area contributed by atoms with Crippen molar-refractivity contribution >= 4 is 5.91 Å². The third-order valence-corrected chi connectivity index (χ3v) is 2.60. The number of hydrogen-bond donors (Lipinski definition) is 1. The number of rotatable bonds is 6. The number of nitrogens with one attached hydrogen (secondary N) is 1. The molecule has 0 aliphatic heterocycles. The van der Waals surface area contributed by atoms with Crippen LogP contribution in [0.5, 0.6) is 5.75 Å². The summed E-state index contributed by atoms with van der Waals surface area (Å²) >= 11 is 0. The van der Waals surface area contributed by atoms with Crippen molar-refractivity contribution in [3.05, 3.63) is 29.3 Å². The molecule has 0 heterocycles. The van der Waals surface area contributed by atoms with E-state index in [0.29, 0.717) is 19.4 Å². The molecule has 4 nitrogen and oxygen atoms in total. The van der Waals surface area contributed by atoms with Gasteiger partial charge in [0.1, 0.15) is 5.75 Å². The Morgan fingerprint density at radius 1 is 1.37 bits per heavy atom. The van der Waals surface area contributed by atoms with E-state index in [9.17, 15) is 4.79 Å². The van der Waals surface area contributed by atoms with Crippen LogP contribution in [-0.2, 0) is 4.79 Å². The molecule has 0 aliphatic rings. The molecule has 102 valence electrons. The van der Waals surface area contributed by atoms with Crippen molar-refractivity contribution in [3.63, 3.8) is 0 Å². The fourth-order valence-corrected chi connectivity index (χ4v) is 1.81. The number of amides is 1. The number of carbonyl (C=O) groups excluding carboxylic acids is 1. The maximum absolute atomic E-state index is 11.6. The minimum atomic E-state index is -0.112. The van der Waals surface area contributed by atoms with Gasteiger partial charge in [-0.1, -0.05) is 6.07 Å². The lowest BCUT2D eigenvalue weighted by atomic mass is 10.1. The van der Waals surface area contributed by atoms with E-state index < -0.39 is 0 Å². The fraction of sp³-hybridized carbons (Fsp3) is 0.467. The highest BCUT2D eigenvalue weighted by Gasteiger charge is 2.07. The van der Waals surface area contributed by atoms with Crippen LogP contribution < -0.4 is 10.1 Å². The quantitative estimate of drug-likeness (QED) is 0.854. The molecule has 1 amide bonds. The molecule has 0 spiro atoms. The molecule has 1 aromatic rings. The minimum absolute atomic E-state index is 0.0906. The van der Waals surface area contributed by atoms with E-state index in [0.717, 1.165) is 16.9 Å². The van der Waals surface area contributed by atoms with Gasteiger partial charge in [-0.05, 0) is 44.0 Å². The molecule has 0 saturated carbocycles. The summed E-state index contributed by atoms with van der Waals surface area (Å²) in [5.74, 6) is 0.697. The zero-order valence-electron chi connectivity index (χ0n) is 11.7. The third-order valence-electron chi connectivity index (χ3n) is 2.60. The molecule has 0 saturated heterocycles. The van der Waals surface area contributed by atoms with Gasteiger partial charge in [-0.3, -0.25) is 4.79 Å². The average Bonchev–Trinajstić information content (AvgIpc) is 2.27. The highest BCUT2D eigenvalue weighted by molar-refractivity contribution is 5.76. The van der Waals surface area contributed by atoms with Gasteiger partial charge in [0.15, 0.2) is 0 Å². The largest absolute Gasteiger partial charge is 0.493 e. The Morgan fingerprint density at radius 2 is 2.00 bits per heavy atom. The molecule has 0 bridgehead atoms. The predicted octanol–water partition coefficient (Wildman–Crippen LogP) is 2.49. The Bertz CT molecular complexity index is 457. The Balaban J connectivity index is 2.34. The van der Waals surface area contributed by atoms with Crippen LogP contribution in [0.15, 0.2) is 18.2 Å². The van der Waals surface area contributed by atoms with Crippen molar-refractivity contribution < 1.29 is 9.53 Å². The van der Waals surface area contributed by atoms with Gasteiger partial charge in [0.2, 0.25) is 5.91 Å². The summed E-state index contributed by atoms with van der Waals surface area (Å²) in [6.07, 6.45) is 0.617. The lowest BCUT2D eigenvalue weighted by Gasteiger charge is -2.11. The molecule has 1 atom stereocenters. The second-order valence-electron chi connectivity index (χ2n) is 4.75. The van der Waals surface area contributed by atoms with E-state index in [1.807, 2.05) is 39.0 Å². The monoisotopic (exact) mass is 260 g/mol. The molecule has 1 rings (SSSR count). The normalized spacial score (nSPS) is 11.5. The van der Waals surface area contributed by atoms with Crippen LogP contribution >= 0.6 is 0 Å². The lowest BCUT2D eigenvalue weighted by molar-refractivity contribution is -0.122. The third kappa shape index (κ3) is 5.91. The number of nitriles is 1. The molecule has 0 unspecified atom stereocenters. The molecular formula is C15H20N2O2. The predicted molar refractivity (Wildman–Crippen MR) is 73.9 cm³/mol. The highest BCUT2D eigenvalue weighted by Crippen LogP contribution is 2.16. The van der Waals surface area contributed by atoms with Crippen LogP contribution in [0.25, 0.3) is 0 Å². The van der Waals surface area contributed by atoms with Crippen LogP contribution in [0.1, 0.15) is 30.9 Å². The van der Waals surface area contributed by atoms with Crippen LogP contribution in [0, 0.1) is 25.2 Å². The zero-order valence-corrected chi connectivity index (χ0v) is 11.7. The lowest BCUT2D eigenvalue weighted by Crippen LogP contribution is -2.33. The standard InChI is InChI=1S/C15H20N2O2/c1-11-8-12(2)10-14(9-11)19-7-5-15(18)17-13(3)4-6-16/h8-10,13H,4-5,7H2,1-3H3,(H,17,18)/t13-/m0/s1. The molecular weight excluding hydrogens is 240 g/mol. The first-order valence-electron chi connectivity index (χ1n) is 6.38.